The average molecular weight is 247 g/mol. The minimum absolute atomic E-state index is 0.149. The molecule has 0 radical (unpaired) electrons. The highest BCUT2D eigenvalue weighted by Crippen LogP contribution is 2.19. The summed E-state index contributed by atoms with van der Waals surface area (Å²) in [6.45, 7) is 5.92. The number of para-hydroxylation sites is 1. The Kier molecular flexibility index (Phi) is 3.99. The first-order valence-corrected chi connectivity index (χ1v) is 6.42. The summed E-state index contributed by atoms with van der Waals surface area (Å²) in [5.41, 5.74) is 2.26. The van der Waals surface area contributed by atoms with Crippen LogP contribution in [0.2, 0.25) is 0 Å². The van der Waals surface area contributed by atoms with E-state index in [1.165, 1.54) is 10.9 Å². The van der Waals surface area contributed by atoms with Crippen LogP contribution in [0.3, 0.4) is 0 Å². The third kappa shape index (κ3) is 2.40. The van der Waals surface area contributed by atoms with Crippen molar-refractivity contribution >= 4 is 10.9 Å². The Morgan fingerprint density at radius 2 is 2.11 bits per heavy atom. The van der Waals surface area contributed by atoms with E-state index in [-0.39, 0.29) is 12.6 Å². The molecule has 0 saturated heterocycles. The SMILES string of the molecule is CCn1nc(CN(C)C(C)CO)c2ccccc21. The maximum atomic E-state index is 9.18. The van der Waals surface area contributed by atoms with E-state index in [1.54, 1.807) is 0 Å². The van der Waals surface area contributed by atoms with Crippen LogP contribution in [0, 0.1) is 0 Å². The van der Waals surface area contributed by atoms with Crippen molar-refractivity contribution in [3.05, 3.63) is 30.0 Å². The van der Waals surface area contributed by atoms with Gasteiger partial charge < -0.3 is 5.11 Å². The second-order valence-electron chi connectivity index (χ2n) is 4.73. The molecule has 0 aliphatic heterocycles. The molecule has 1 heterocycles. The van der Waals surface area contributed by atoms with Gasteiger partial charge in [-0.2, -0.15) is 5.10 Å². The van der Waals surface area contributed by atoms with Crippen LogP contribution in [0.5, 0.6) is 0 Å². The number of hydrogen-bond donors (Lipinski definition) is 1. The molecule has 2 aromatic rings. The number of benzene rings is 1. The highest BCUT2D eigenvalue weighted by Gasteiger charge is 2.14. The zero-order valence-corrected chi connectivity index (χ0v) is 11.3. The number of fused-ring (bicyclic) bond motifs is 1. The van der Waals surface area contributed by atoms with E-state index >= 15 is 0 Å². The summed E-state index contributed by atoms with van der Waals surface area (Å²) in [7, 11) is 2.01. The minimum atomic E-state index is 0.149. The van der Waals surface area contributed by atoms with Crippen LogP contribution < -0.4 is 0 Å². The zero-order valence-electron chi connectivity index (χ0n) is 11.3. The van der Waals surface area contributed by atoms with Crippen LogP contribution in [0.15, 0.2) is 24.3 Å². The van der Waals surface area contributed by atoms with Crippen molar-refractivity contribution in [2.75, 3.05) is 13.7 Å². The van der Waals surface area contributed by atoms with Crippen molar-refractivity contribution in [2.45, 2.75) is 33.0 Å². The molecule has 98 valence electrons. The second kappa shape index (κ2) is 5.50. The van der Waals surface area contributed by atoms with Crippen LogP contribution in [0.25, 0.3) is 10.9 Å². The summed E-state index contributed by atoms with van der Waals surface area (Å²) in [6.07, 6.45) is 0. The van der Waals surface area contributed by atoms with Crippen molar-refractivity contribution in [3.8, 4) is 0 Å². The molecule has 4 nitrogen and oxygen atoms in total. The van der Waals surface area contributed by atoms with Gasteiger partial charge in [-0.1, -0.05) is 18.2 Å². The van der Waals surface area contributed by atoms with Crippen LogP contribution in [0.4, 0.5) is 0 Å². The topological polar surface area (TPSA) is 41.3 Å². The largest absolute Gasteiger partial charge is 0.395 e. The number of aliphatic hydroxyl groups is 1. The molecule has 1 aromatic heterocycles. The van der Waals surface area contributed by atoms with E-state index in [0.717, 1.165) is 18.8 Å². The molecule has 0 saturated carbocycles. The summed E-state index contributed by atoms with van der Waals surface area (Å²) in [5, 5.41) is 15.0. The van der Waals surface area contributed by atoms with Gasteiger partial charge in [0.15, 0.2) is 0 Å². The molecule has 18 heavy (non-hydrogen) atoms. The lowest BCUT2D eigenvalue weighted by molar-refractivity contribution is 0.153. The summed E-state index contributed by atoms with van der Waals surface area (Å²) < 4.78 is 2.03. The summed E-state index contributed by atoms with van der Waals surface area (Å²) in [6, 6.07) is 8.45. The van der Waals surface area contributed by atoms with Gasteiger partial charge in [0.05, 0.1) is 17.8 Å². The lowest BCUT2D eigenvalue weighted by Gasteiger charge is -2.21. The van der Waals surface area contributed by atoms with Crippen molar-refractivity contribution in [3.63, 3.8) is 0 Å². The van der Waals surface area contributed by atoms with Gasteiger partial charge in [-0.3, -0.25) is 9.58 Å². The molecule has 0 spiro atoms. The molecule has 1 unspecified atom stereocenters. The molecular weight excluding hydrogens is 226 g/mol. The van der Waals surface area contributed by atoms with Crippen molar-refractivity contribution in [2.24, 2.45) is 0 Å². The third-order valence-corrected chi connectivity index (χ3v) is 3.45. The van der Waals surface area contributed by atoms with Crippen molar-refractivity contribution in [1.82, 2.24) is 14.7 Å². The molecule has 2 rings (SSSR count). The smallest absolute Gasteiger partial charge is 0.0843 e. The Morgan fingerprint density at radius 3 is 2.78 bits per heavy atom. The second-order valence-corrected chi connectivity index (χ2v) is 4.73. The van der Waals surface area contributed by atoms with Gasteiger partial charge >= 0.3 is 0 Å². The number of aromatic nitrogens is 2. The molecule has 0 fully saturated rings. The summed E-state index contributed by atoms with van der Waals surface area (Å²) >= 11 is 0. The summed E-state index contributed by atoms with van der Waals surface area (Å²) in [4.78, 5) is 2.12. The summed E-state index contributed by atoms with van der Waals surface area (Å²) in [5.74, 6) is 0. The quantitative estimate of drug-likeness (QED) is 0.877. The molecule has 0 amide bonds. The lowest BCUT2D eigenvalue weighted by atomic mass is 10.2. The predicted octanol–water partition coefficient (Wildman–Crippen LogP) is 1.87. The monoisotopic (exact) mass is 247 g/mol. The Labute approximate surface area is 108 Å². The fourth-order valence-corrected chi connectivity index (χ4v) is 2.09. The zero-order chi connectivity index (χ0) is 13.1. The molecule has 0 bridgehead atoms. The van der Waals surface area contributed by atoms with Gasteiger partial charge in [-0.15, -0.1) is 0 Å². The Bertz CT molecular complexity index is 521. The van der Waals surface area contributed by atoms with Crippen LogP contribution in [0.1, 0.15) is 19.5 Å². The lowest BCUT2D eigenvalue weighted by Crippen LogP contribution is -2.31. The first-order valence-electron chi connectivity index (χ1n) is 6.42. The molecular formula is C14H21N3O. The maximum Gasteiger partial charge on any atom is 0.0843 e. The molecule has 0 aliphatic rings. The molecule has 1 N–H and O–H groups in total. The van der Waals surface area contributed by atoms with Crippen LogP contribution >= 0.6 is 0 Å². The fraction of sp³-hybridized carbons (Fsp3) is 0.500. The highest BCUT2D eigenvalue weighted by atomic mass is 16.3. The molecule has 4 heteroatoms. The minimum Gasteiger partial charge on any atom is -0.395 e. The molecule has 1 aromatic carbocycles. The first-order chi connectivity index (χ1) is 8.67. The van der Waals surface area contributed by atoms with E-state index in [4.69, 9.17) is 0 Å². The number of rotatable bonds is 5. The standard InChI is InChI=1S/C14H21N3O/c1-4-17-14-8-6-5-7-12(14)13(15-17)9-16(3)11(2)10-18/h5-8,11,18H,4,9-10H2,1-3H3. The first kappa shape index (κ1) is 13.1. The van der Waals surface area contributed by atoms with Crippen molar-refractivity contribution < 1.29 is 5.11 Å². The Hall–Kier alpha value is -1.39. The van der Waals surface area contributed by atoms with Gasteiger partial charge in [0, 0.05) is 24.5 Å². The van der Waals surface area contributed by atoms with E-state index in [1.807, 2.05) is 30.8 Å². The van der Waals surface area contributed by atoms with Gasteiger partial charge in [-0.25, -0.2) is 0 Å². The van der Waals surface area contributed by atoms with E-state index in [2.05, 4.69) is 29.1 Å². The van der Waals surface area contributed by atoms with Crippen LogP contribution in [-0.4, -0.2) is 39.5 Å². The normalized spacial score (nSPS) is 13.4. The number of aryl methyl sites for hydroxylation is 1. The van der Waals surface area contributed by atoms with Gasteiger partial charge in [0.25, 0.3) is 0 Å². The Balaban J connectivity index is 2.33. The Morgan fingerprint density at radius 1 is 1.39 bits per heavy atom. The average Bonchev–Trinajstić information content (AvgIpc) is 2.76. The number of nitrogens with zero attached hydrogens (tertiary/aromatic N) is 3. The molecule has 1 atom stereocenters. The number of likely N-dealkylation sites (N-methyl/N-ethyl adjacent to an activating group) is 1. The van der Waals surface area contributed by atoms with Gasteiger partial charge in [-0.05, 0) is 27.0 Å². The van der Waals surface area contributed by atoms with E-state index in [9.17, 15) is 5.11 Å². The molecule has 0 aliphatic carbocycles. The predicted molar refractivity (Wildman–Crippen MR) is 73.4 cm³/mol. The fourth-order valence-electron chi connectivity index (χ4n) is 2.09. The number of hydrogen-bond acceptors (Lipinski definition) is 3. The van der Waals surface area contributed by atoms with Gasteiger partial charge in [0.1, 0.15) is 0 Å². The van der Waals surface area contributed by atoms with Gasteiger partial charge in [0.2, 0.25) is 0 Å². The maximum absolute atomic E-state index is 9.18. The van der Waals surface area contributed by atoms with Crippen molar-refractivity contribution in [1.29, 1.82) is 0 Å². The number of aliphatic hydroxyl groups excluding tert-OH is 1. The van der Waals surface area contributed by atoms with E-state index < -0.39 is 0 Å². The van der Waals surface area contributed by atoms with Crippen LogP contribution in [-0.2, 0) is 13.1 Å². The third-order valence-electron chi connectivity index (χ3n) is 3.45. The highest BCUT2D eigenvalue weighted by molar-refractivity contribution is 5.81. The van der Waals surface area contributed by atoms with E-state index in [0.29, 0.717) is 0 Å².